The van der Waals surface area contributed by atoms with Gasteiger partial charge in [0.15, 0.2) is 0 Å². The Hall–Kier alpha value is -0.260. The van der Waals surface area contributed by atoms with Gasteiger partial charge in [0, 0.05) is 0 Å². The second-order valence-electron chi connectivity index (χ2n) is 6.37. The molecule has 1 spiro atoms. The SMILES string of the molecule is CC1=C(C)C(C)(C)C2(CCCCC2)CC1. The summed E-state index contributed by atoms with van der Waals surface area (Å²) in [5, 5.41) is 0. The quantitative estimate of drug-likeness (QED) is 0.484. The first-order chi connectivity index (χ1) is 7.00. The van der Waals surface area contributed by atoms with E-state index in [2.05, 4.69) is 27.7 Å². The Labute approximate surface area is 95.1 Å². The smallest absolute Gasteiger partial charge is 0.00884 e. The molecule has 0 amide bonds. The fourth-order valence-electron chi connectivity index (χ4n) is 3.96. The van der Waals surface area contributed by atoms with E-state index in [1.165, 1.54) is 44.9 Å². The molecule has 0 heteroatoms. The maximum absolute atomic E-state index is 2.50. The van der Waals surface area contributed by atoms with Crippen molar-refractivity contribution in [3.05, 3.63) is 11.1 Å². The van der Waals surface area contributed by atoms with Crippen molar-refractivity contribution in [2.75, 3.05) is 0 Å². The molecule has 0 heterocycles. The van der Waals surface area contributed by atoms with E-state index in [1.54, 1.807) is 11.1 Å². The van der Waals surface area contributed by atoms with Crippen molar-refractivity contribution >= 4 is 0 Å². The molecule has 2 aliphatic carbocycles. The summed E-state index contributed by atoms with van der Waals surface area (Å²) >= 11 is 0. The highest BCUT2D eigenvalue weighted by Crippen LogP contribution is 2.59. The van der Waals surface area contributed by atoms with E-state index in [4.69, 9.17) is 0 Å². The Morgan fingerprint density at radius 1 is 0.867 bits per heavy atom. The molecule has 2 aliphatic rings. The lowest BCUT2D eigenvalue weighted by Gasteiger charge is -2.53. The molecule has 0 atom stereocenters. The van der Waals surface area contributed by atoms with Gasteiger partial charge in [-0.15, -0.1) is 0 Å². The van der Waals surface area contributed by atoms with Crippen LogP contribution in [0.4, 0.5) is 0 Å². The molecule has 0 nitrogen and oxygen atoms in total. The Kier molecular flexibility index (Phi) is 2.73. The first-order valence-electron chi connectivity index (χ1n) is 6.66. The van der Waals surface area contributed by atoms with Crippen LogP contribution in [0.15, 0.2) is 11.1 Å². The van der Waals surface area contributed by atoms with Crippen molar-refractivity contribution in [3.63, 3.8) is 0 Å². The predicted molar refractivity (Wildman–Crippen MR) is 66.9 cm³/mol. The maximum atomic E-state index is 2.50. The minimum Gasteiger partial charge on any atom is -0.0738 e. The molecule has 15 heavy (non-hydrogen) atoms. The fourth-order valence-corrected chi connectivity index (χ4v) is 3.96. The average molecular weight is 206 g/mol. The third kappa shape index (κ3) is 1.57. The van der Waals surface area contributed by atoms with Gasteiger partial charge in [-0.2, -0.15) is 0 Å². The van der Waals surface area contributed by atoms with Gasteiger partial charge < -0.3 is 0 Å². The fraction of sp³-hybridized carbons (Fsp3) is 0.867. The van der Waals surface area contributed by atoms with Crippen molar-refractivity contribution in [2.45, 2.75) is 72.6 Å². The van der Waals surface area contributed by atoms with E-state index >= 15 is 0 Å². The van der Waals surface area contributed by atoms with E-state index < -0.39 is 0 Å². The summed E-state index contributed by atoms with van der Waals surface area (Å²) in [6.07, 6.45) is 10.2. The molecule has 0 unspecified atom stereocenters. The molecule has 0 aliphatic heterocycles. The molecule has 0 saturated heterocycles. The van der Waals surface area contributed by atoms with Crippen LogP contribution in [0, 0.1) is 10.8 Å². The lowest BCUT2D eigenvalue weighted by molar-refractivity contribution is 0.0328. The molecule has 0 aromatic rings. The average Bonchev–Trinajstić information content (AvgIpc) is 2.24. The Morgan fingerprint density at radius 3 is 2.07 bits per heavy atom. The largest absolute Gasteiger partial charge is 0.0738 e. The van der Waals surface area contributed by atoms with Crippen LogP contribution in [0.1, 0.15) is 72.6 Å². The summed E-state index contributed by atoms with van der Waals surface area (Å²) in [4.78, 5) is 0. The molecule has 0 N–H and O–H groups in total. The normalized spacial score (nSPS) is 29.6. The van der Waals surface area contributed by atoms with Gasteiger partial charge in [-0.05, 0) is 50.4 Å². The van der Waals surface area contributed by atoms with Crippen LogP contribution in [0.25, 0.3) is 0 Å². The lowest BCUT2D eigenvalue weighted by atomic mass is 9.51. The first-order valence-corrected chi connectivity index (χ1v) is 6.66. The van der Waals surface area contributed by atoms with Crippen molar-refractivity contribution < 1.29 is 0 Å². The highest BCUT2D eigenvalue weighted by molar-refractivity contribution is 5.25. The minimum atomic E-state index is 0.454. The monoisotopic (exact) mass is 206 g/mol. The minimum absolute atomic E-state index is 0.454. The molecule has 0 radical (unpaired) electrons. The van der Waals surface area contributed by atoms with Crippen molar-refractivity contribution in [1.82, 2.24) is 0 Å². The van der Waals surface area contributed by atoms with Gasteiger partial charge in [0.25, 0.3) is 0 Å². The number of allylic oxidation sites excluding steroid dienone is 2. The van der Waals surface area contributed by atoms with Crippen LogP contribution < -0.4 is 0 Å². The van der Waals surface area contributed by atoms with Gasteiger partial charge in [0.2, 0.25) is 0 Å². The topological polar surface area (TPSA) is 0 Å². The second kappa shape index (κ2) is 3.64. The maximum Gasteiger partial charge on any atom is -0.00884 e. The molecule has 0 aromatic heterocycles. The zero-order valence-electron chi connectivity index (χ0n) is 10.9. The van der Waals surface area contributed by atoms with Crippen LogP contribution >= 0.6 is 0 Å². The molecule has 86 valence electrons. The summed E-state index contributed by atoms with van der Waals surface area (Å²) in [6, 6.07) is 0. The van der Waals surface area contributed by atoms with Crippen LogP contribution in [0.5, 0.6) is 0 Å². The van der Waals surface area contributed by atoms with Crippen LogP contribution in [-0.4, -0.2) is 0 Å². The second-order valence-corrected chi connectivity index (χ2v) is 6.37. The van der Waals surface area contributed by atoms with Crippen molar-refractivity contribution in [1.29, 1.82) is 0 Å². The zero-order chi connectivity index (χ0) is 11.1. The summed E-state index contributed by atoms with van der Waals surface area (Å²) in [6.45, 7) is 9.71. The van der Waals surface area contributed by atoms with E-state index in [0.29, 0.717) is 10.8 Å². The predicted octanol–water partition coefficient (Wildman–Crippen LogP) is 5.09. The summed E-state index contributed by atoms with van der Waals surface area (Å²) in [5.74, 6) is 0. The molecular formula is C15H26. The number of hydrogen-bond donors (Lipinski definition) is 0. The highest BCUT2D eigenvalue weighted by atomic mass is 14.5. The van der Waals surface area contributed by atoms with Gasteiger partial charge in [-0.25, -0.2) is 0 Å². The van der Waals surface area contributed by atoms with Crippen LogP contribution in [0.2, 0.25) is 0 Å². The lowest BCUT2D eigenvalue weighted by Crippen LogP contribution is -2.43. The third-order valence-electron chi connectivity index (χ3n) is 5.69. The van der Waals surface area contributed by atoms with E-state index in [-0.39, 0.29) is 0 Å². The first kappa shape index (κ1) is 11.2. The van der Waals surface area contributed by atoms with Crippen molar-refractivity contribution in [3.8, 4) is 0 Å². The molecule has 0 aromatic carbocycles. The van der Waals surface area contributed by atoms with E-state index in [9.17, 15) is 0 Å². The molecule has 1 fully saturated rings. The summed E-state index contributed by atoms with van der Waals surface area (Å²) in [5.41, 5.74) is 4.46. The number of rotatable bonds is 0. The number of hydrogen-bond acceptors (Lipinski definition) is 0. The van der Waals surface area contributed by atoms with Gasteiger partial charge in [-0.3, -0.25) is 0 Å². The Morgan fingerprint density at radius 2 is 1.47 bits per heavy atom. The zero-order valence-corrected chi connectivity index (χ0v) is 10.9. The molecule has 0 bridgehead atoms. The molecule has 1 saturated carbocycles. The Balaban J connectivity index is 2.35. The third-order valence-corrected chi connectivity index (χ3v) is 5.69. The molecule has 2 rings (SSSR count). The summed E-state index contributed by atoms with van der Waals surface area (Å²) < 4.78 is 0. The molecular weight excluding hydrogens is 180 g/mol. The van der Waals surface area contributed by atoms with Gasteiger partial charge in [0.1, 0.15) is 0 Å². The standard InChI is InChI=1S/C15H26/c1-12-8-11-15(9-6-5-7-10-15)14(3,4)13(12)2/h5-11H2,1-4H3. The van der Waals surface area contributed by atoms with Crippen LogP contribution in [-0.2, 0) is 0 Å². The van der Waals surface area contributed by atoms with E-state index in [1.807, 2.05) is 0 Å². The Bertz CT molecular complexity index is 274. The van der Waals surface area contributed by atoms with Gasteiger partial charge >= 0.3 is 0 Å². The van der Waals surface area contributed by atoms with Gasteiger partial charge in [-0.1, -0.05) is 44.3 Å². The van der Waals surface area contributed by atoms with Crippen molar-refractivity contribution in [2.24, 2.45) is 10.8 Å². The van der Waals surface area contributed by atoms with Crippen LogP contribution in [0.3, 0.4) is 0 Å². The highest BCUT2D eigenvalue weighted by Gasteiger charge is 2.48. The van der Waals surface area contributed by atoms with E-state index in [0.717, 1.165) is 0 Å². The summed E-state index contributed by atoms with van der Waals surface area (Å²) in [7, 11) is 0. The van der Waals surface area contributed by atoms with Gasteiger partial charge in [0.05, 0.1) is 0 Å².